The van der Waals surface area contributed by atoms with E-state index in [2.05, 4.69) is 5.32 Å². The van der Waals surface area contributed by atoms with Crippen LogP contribution in [-0.4, -0.2) is 27.4 Å². The quantitative estimate of drug-likeness (QED) is 0.786. The molecule has 0 aliphatic heterocycles. The third kappa shape index (κ3) is 3.93. The molecule has 0 saturated heterocycles. The van der Waals surface area contributed by atoms with Gasteiger partial charge in [-0.15, -0.1) is 0 Å². The highest BCUT2D eigenvalue weighted by Crippen LogP contribution is 2.38. The SMILES string of the molecule is COc1cc(CNC2CCCC2)cc(OC)c1OC.[Cl-]. The number of benzene rings is 1. The minimum Gasteiger partial charge on any atom is -1.00 e. The zero-order valence-electron chi connectivity index (χ0n) is 12.4. The lowest BCUT2D eigenvalue weighted by Gasteiger charge is -2.16. The van der Waals surface area contributed by atoms with E-state index >= 15 is 0 Å². The van der Waals surface area contributed by atoms with Crippen LogP contribution in [0.5, 0.6) is 17.2 Å². The molecular formula is C15H23ClNO3-. The van der Waals surface area contributed by atoms with Crippen LogP contribution in [0, 0.1) is 0 Å². The molecule has 1 aliphatic carbocycles. The van der Waals surface area contributed by atoms with Crippen molar-refractivity contribution in [3.63, 3.8) is 0 Å². The maximum atomic E-state index is 5.36. The average molecular weight is 301 g/mol. The maximum Gasteiger partial charge on any atom is 0.203 e. The van der Waals surface area contributed by atoms with Gasteiger partial charge < -0.3 is 31.9 Å². The van der Waals surface area contributed by atoms with Crippen molar-refractivity contribution in [2.75, 3.05) is 21.3 Å². The van der Waals surface area contributed by atoms with Crippen molar-refractivity contribution in [1.29, 1.82) is 0 Å². The van der Waals surface area contributed by atoms with Gasteiger partial charge in [0.15, 0.2) is 11.5 Å². The molecule has 2 rings (SSSR count). The topological polar surface area (TPSA) is 39.7 Å². The van der Waals surface area contributed by atoms with Crippen molar-refractivity contribution in [2.45, 2.75) is 38.3 Å². The predicted octanol–water partition coefficient (Wildman–Crippen LogP) is -0.251. The first kappa shape index (κ1) is 16.9. The summed E-state index contributed by atoms with van der Waals surface area (Å²) in [5.74, 6) is 2.07. The van der Waals surface area contributed by atoms with Crippen LogP contribution in [0.2, 0.25) is 0 Å². The highest BCUT2D eigenvalue weighted by Gasteiger charge is 2.16. The first-order chi connectivity index (χ1) is 9.28. The standard InChI is InChI=1S/C15H23NO3.ClH/c1-17-13-8-11(9-14(18-2)15(13)19-3)10-16-12-6-4-5-7-12;/h8-9,12,16H,4-7,10H2,1-3H3;1H/p-1. The fourth-order valence-electron chi connectivity index (χ4n) is 2.63. The van der Waals surface area contributed by atoms with E-state index in [4.69, 9.17) is 14.2 Å². The minimum atomic E-state index is 0. The predicted molar refractivity (Wildman–Crippen MR) is 75.2 cm³/mol. The monoisotopic (exact) mass is 300 g/mol. The van der Waals surface area contributed by atoms with Crippen LogP contribution >= 0.6 is 0 Å². The number of hydrogen-bond acceptors (Lipinski definition) is 4. The summed E-state index contributed by atoms with van der Waals surface area (Å²) in [7, 11) is 4.91. The van der Waals surface area contributed by atoms with Crippen LogP contribution in [0.1, 0.15) is 31.2 Å². The Labute approximate surface area is 127 Å². The van der Waals surface area contributed by atoms with Crippen molar-refractivity contribution < 1.29 is 26.6 Å². The normalized spacial score (nSPS) is 14.8. The fraction of sp³-hybridized carbons (Fsp3) is 0.600. The molecule has 0 heterocycles. The van der Waals surface area contributed by atoms with Crippen molar-refractivity contribution in [3.8, 4) is 17.2 Å². The van der Waals surface area contributed by atoms with E-state index in [1.54, 1.807) is 21.3 Å². The largest absolute Gasteiger partial charge is 1.00 e. The van der Waals surface area contributed by atoms with Gasteiger partial charge in [0.05, 0.1) is 21.3 Å². The number of rotatable bonds is 6. The third-order valence-electron chi connectivity index (χ3n) is 3.67. The molecule has 0 atom stereocenters. The molecule has 1 aliphatic rings. The van der Waals surface area contributed by atoms with E-state index in [1.807, 2.05) is 12.1 Å². The zero-order chi connectivity index (χ0) is 13.7. The molecule has 1 fully saturated rings. The highest BCUT2D eigenvalue weighted by molar-refractivity contribution is 5.53. The Balaban J connectivity index is 0.00000200. The molecule has 20 heavy (non-hydrogen) atoms. The summed E-state index contributed by atoms with van der Waals surface area (Å²) >= 11 is 0. The minimum absolute atomic E-state index is 0. The summed E-state index contributed by atoms with van der Waals surface area (Å²) in [6, 6.07) is 4.66. The van der Waals surface area contributed by atoms with Crippen LogP contribution in [0.25, 0.3) is 0 Å². The lowest BCUT2D eigenvalue weighted by atomic mass is 10.1. The molecule has 0 amide bonds. The molecule has 1 aromatic rings. The highest BCUT2D eigenvalue weighted by atomic mass is 35.5. The average Bonchev–Trinajstić information content (AvgIpc) is 2.97. The molecule has 4 nitrogen and oxygen atoms in total. The van der Waals surface area contributed by atoms with Gasteiger partial charge in [0.1, 0.15) is 0 Å². The van der Waals surface area contributed by atoms with E-state index in [-0.39, 0.29) is 12.4 Å². The molecule has 0 unspecified atom stereocenters. The molecule has 1 saturated carbocycles. The van der Waals surface area contributed by atoms with Gasteiger partial charge in [0.2, 0.25) is 5.75 Å². The summed E-state index contributed by atoms with van der Waals surface area (Å²) < 4.78 is 16.0. The zero-order valence-corrected chi connectivity index (χ0v) is 13.1. The first-order valence-corrected chi connectivity index (χ1v) is 6.80. The molecule has 1 aromatic carbocycles. The Morgan fingerprint density at radius 3 is 2.00 bits per heavy atom. The van der Waals surface area contributed by atoms with E-state index in [0.29, 0.717) is 23.3 Å². The molecular weight excluding hydrogens is 278 g/mol. The second-order valence-electron chi connectivity index (χ2n) is 4.90. The van der Waals surface area contributed by atoms with E-state index < -0.39 is 0 Å². The summed E-state index contributed by atoms with van der Waals surface area (Å²) in [6.45, 7) is 0.835. The van der Waals surface area contributed by atoms with Gasteiger partial charge in [-0.05, 0) is 30.5 Å². The van der Waals surface area contributed by atoms with Crippen molar-refractivity contribution >= 4 is 0 Å². The Hall–Kier alpha value is -1.13. The van der Waals surface area contributed by atoms with E-state index in [1.165, 1.54) is 25.7 Å². The van der Waals surface area contributed by atoms with E-state index in [0.717, 1.165) is 12.1 Å². The van der Waals surface area contributed by atoms with E-state index in [9.17, 15) is 0 Å². The van der Waals surface area contributed by atoms with Crippen molar-refractivity contribution in [3.05, 3.63) is 17.7 Å². The van der Waals surface area contributed by atoms with Crippen LogP contribution in [0.3, 0.4) is 0 Å². The van der Waals surface area contributed by atoms with Gasteiger partial charge >= 0.3 is 0 Å². The summed E-state index contributed by atoms with van der Waals surface area (Å²) in [6.07, 6.45) is 5.24. The first-order valence-electron chi connectivity index (χ1n) is 6.80. The lowest BCUT2D eigenvalue weighted by molar-refractivity contribution is -0.00000483. The Bertz CT molecular complexity index is 395. The van der Waals surface area contributed by atoms with Crippen molar-refractivity contribution in [2.24, 2.45) is 0 Å². The number of halogens is 1. The maximum absolute atomic E-state index is 5.36. The summed E-state index contributed by atoms with van der Waals surface area (Å²) in [5.41, 5.74) is 1.15. The van der Waals surface area contributed by atoms with Gasteiger partial charge in [-0.25, -0.2) is 0 Å². The second kappa shape index (κ2) is 8.22. The fourth-order valence-corrected chi connectivity index (χ4v) is 2.63. The second-order valence-corrected chi connectivity index (χ2v) is 4.90. The Kier molecular flexibility index (Phi) is 6.96. The Morgan fingerprint density at radius 1 is 1.00 bits per heavy atom. The lowest BCUT2D eigenvalue weighted by Crippen LogP contribution is -3.00. The van der Waals surface area contributed by atoms with Crippen molar-refractivity contribution in [1.82, 2.24) is 5.32 Å². The van der Waals surface area contributed by atoms with Gasteiger partial charge in [-0.1, -0.05) is 12.8 Å². The third-order valence-corrected chi connectivity index (χ3v) is 3.67. The van der Waals surface area contributed by atoms with Gasteiger partial charge in [0.25, 0.3) is 0 Å². The molecule has 0 aromatic heterocycles. The van der Waals surface area contributed by atoms with Gasteiger partial charge in [-0.2, -0.15) is 0 Å². The molecule has 0 radical (unpaired) electrons. The van der Waals surface area contributed by atoms with Gasteiger partial charge in [0, 0.05) is 12.6 Å². The smallest absolute Gasteiger partial charge is 0.203 e. The summed E-state index contributed by atoms with van der Waals surface area (Å²) in [4.78, 5) is 0. The number of nitrogens with one attached hydrogen (secondary N) is 1. The van der Waals surface area contributed by atoms with Crippen LogP contribution in [0.15, 0.2) is 12.1 Å². The van der Waals surface area contributed by atoms with Gasteiger partial charge in [-0.3, -0.25) is 0 Å². The molecule has 1 N–H and O–H groups in total. The number of ether oxygens (including phenoxy) is 3. The Morgan fingerprint density at radius 2 is 1.55 bits per heavy atom. The number of methoxy groups -OCH3 is 3. The van der Waals surface area contributed by atoms with Crippen LogP contribution < -0.4 is 31.9 Å². The molecule has 114 valence electrons. The molecule has 5 heteroatoms. The molecule has 0 spiro atoms. The van der Waals surface area contributed by atoms with Crippen LogP contribution in [0.4, 0.5) is 0 Å². The molecule has 0 bridgehead atoms. The summed E-state index contributed by atoms with van der Waals surface area (Å²) in [5, 5.41) is 3.59. The van der Waals surface area contributed by atoms with Crippen LogP contribution in [-0.2, 0) is 6.54 Å². The number of hydrogen-bond donors (Lipinski definition) is 1.